The van der Waals surface area contributed by atoms with E-state index in [1.807, 2.05) is 0 Å². The molecule has 0 bridgehead atoms. The average molecular weight is 165 g/mol. The molecule has 0 saturated heterocycles. The summed E-state index contributed by atoms with van der Waals surface area (Å²) in [4.78, 5) is 0. The second kappa shape index (κ2) is 20.1. The van der Waals surface area contributed by atoms with E-state index in [4.69, 9.17) is 0 Å². The van der Waals surface area contributed by atoms with Gasteiger partial charge in [-0.2, -0.15) is 0 Å². The molecule has 4 heteroatoms. The van der Waals surface area contributed by atoms with Crippen LogP contribution in [0.1, 0.15) is 0 Å². The summed E-state index contributed by atoms with van der Waals surface area (Å²) in [5.41, 5.74) is 0. The van der Waals surface area contributed by atoms with Crippen molar-refractivity contribution in [3.05, 3.63) is 0 Å². The summed E-state index contributed by atoms with van der Waals surface area (Å²) in [5, 5.41) is 0. The van der Waals surface area contributed by atoms with E-state index in [9.17, 15) is 0 Å². The van der Waals surface area contributed by atoms with Crippen molar-refractivity contribution in [3.63, 3.8) is 0 Å². The molecule has 25 valence electrons. The zero-order valence-electron chi connectivity index (χ0n) is 1.85. The van der Waals surface area contributed by atoms with Crippen LogP contribution in [0.25, 0.3) is 0 Å². The van der Waals surface area contributed by atoms with E-state index in [0.29, 0.717) is 0 Å². The largest absolute Gasteiger partial charge is 0 e. The third-order valence-corrected chi connectivity index (χ3v) is 0. The summed E-state index contributed by atoms with van der Waals surface area (Å²) in [5.74, 6) is 0. The molecule has 0 aliphatic carbocycles. The second-order valence-electron chi connectivity index (χ2n) is 0. The van der Waals surface area contributed by atoms with Gasteiger partial charge in [0.15, 0.2) is 17.4 Å². The Bertz CT molecular complexity index is 8.00. The van der Waals surface area contributed by atoms with Gasteiger partial charge < -0.3 is 0 Å². The maximum atomic E-state index is 3.39. The van der Waals surface area contributed by atoms with Crippen molar-refractivity contribution in [2.75, 3.05) is 0 Å². The minimum atomic E-state index is 0. The van der Waals surface area contributed by atoms with Gasteiger partial charge in [-0.3, -0.25) is 0 Å². The SMILES string of the molecule is [AlH3].[SiH3][Fe].[Ti]. The standard InChI is InChI=1S/Al.Fe.H3Si.Ti.3H/h;;1H3;;;;. The first-order valence-electron chi connectivity index (χ1n) is 0.354. The van der Waals surface area contributed by atoms with Crippen molar-refractivity contribution >= 4 is 26.2 Å². The predicted octanol–water partition coefficient (Wildman–Crippen LogP) is -2.37. The van der Waals surface area contributed by atoms with E-state index in [1.165, 1.54) is 0 Å². The zero-order chi connectivity index (χ0) is 2.00. The van der Waals surface area contributed by atoms with Crippen LogP contribution in [0.15, 0.2) is 0 Å². The van der Waals surface area contributed by atoms with E-state index in [2.05, 4.69) is 15.4 Å². The van der Waals surface area contributed by atoms with E-state index in [-0.39, 0.29) is 39.1 Å². The van der Waals surface area contributed by atoms with E-state index in [1.54, 1.807) is 0 Å². The molecule has 0 aliphatic rings. The summed E-state index contributed by atoms with van der Waals surface area (Å²) in [6.45, 7) is 0. The molecule has 0 rings (SSSR count). The molecule has 0 aromatic carbocycles. The van der Waals surface area contributed by atoms with Crippen LogP contribution in [0.2, 0.25) is 0 Å². The fraction of sp³-hybridized carbons (Fsp3) is 0. The first-order valence-corrected chi connectivity index (χ1v) is 4.37. The van der Waals surface area contributed by atoms with Crippen LogP contribution in [-0.2, 0) is 37.1 Å². The first kappa shape index (κ1) is 16.7. The van der Waals surface area contributed by atoms with E-state index in [0.717, 1.165) is 8.85 Å². The van der Waals surface area contributed by atoms with Gasteiger partial charge in [0, 0.05) is 21.7 Å². The predicted molar refractivity (Wildman–Crippen MR) is 19.9 cm³/mol. The molecule has 0 saturated carbocycles. The quantitative estimate of drug-likeness (QED) is 0.352. The van der Waals surface area contributed by atoms with Gasteiger partial charge in [-0.15, -0.1) is 0 Å². The Hall–Kier alpha value is 1.98. The second-order valence-corrected chi connectivity index (χ2v) is 0. The molecule has 0 unspecified atom stereocenters. The Kier molecular flexibility index (Phi) is 83.9. The van der Waals surface area contributed by atoms with Gasteiger partial charge in [0.05, 0.1) is 0 Å². The maximum Gasteiger partial charge on any atom is 0 e. The first-order chi connectivity index (χ1) is 1.00. The van der Waals surface area contributed by atoms with Gasteiger partial charge in [0.25, 0.3) is 0 Å². The normalized spacial score (nSPS) is 2.25. The molecule has 0 radical (unpaired) electrons. The molecular weight excluding hydrogens is 159 g/mol. The van der Waals surface area contributed by atoms with Crippen molar-refractivity contribution in [2.24, 2.45) is 0 Å². The third kappa shape index (κ3) is 9.01. The molecule has 4 heavy (non-hydrogen) atoms. The van der Waals surface area contributed by atoms with Crippen molar-refractivity contribution < 1.29 is 37.1 Å². The van der Waals surface area contributed by atoms with Crippen LogP contribution in [-0.4, -0.2) is 26.2 Å². The van der Waals surface area contributed by atoms with E-state index < -0.39 is 0 Å². The molecule has 0 aromatic rings. The van der Waals surface area contributed by atoms with Gasteiger partial charge in [-0.05, 0) is 0 Å². The van der Waals surface area contributed by atoms with Crippen LogP contribution in [0.5, 0.6) is 0 Å². The summed E-state index contributed by atoms with van der Waals surface area (Å²) in [6, 6.07) is 0. The van der Waals surface area contributed by atoms with Crippen molar-refractivity contribution in [3.8, 4) is 0 Å². The maximum absolute atomic E-state index is 3.39. The van der Waals surface area contributed by atoms with E-state index >= 15 is 0 Å². The molecule has 0 spiro atoms. The molecule has 0 N–H and O–H groups in total. The smallest absolute Gasteiger partial charge is 0 e. The molecule has 0 atom stereocenters. The Morgan fingerprint density at radius 2 is 1.25 bits per heavy atom. The molecule has 0 aromatic heterocycles. The molecule has 0 heterocycles. The molecule has 0 amide bonds. The number of hydrogen-bond acceptors (Lipinski definition) is 0. The third-order valence-electron chi connectivity index (χ3n) is 0. The fourth-order valence-corrected chi connectivity index (χ4v) is 0. The molecule has 0 fully saturated rings. The minimum absolute atomic E-state index is 0. The van der Waals surface area contributed by atoms with Crippen LogP contribution >= 0.6 is 0 Å². The topological polar surface area (TPSA) is 0 Å². The van der Waals surface area contributed by atoms with Crippen LogP contribution < -0.4 is 0 Å². The Morgan fingerprint density at radius 1 is 1.25 bits per heavy atom. The average Bonchev–Trinajstić information content (AvgIpc) is 1.00. The molecule has 0 aliphatic heterocycles. The van der Waals surface area contributed by atoms with Crippen LogP contribution in [0.4, 0.5) is 0 Å². The van der Waals surface area contributed by atoms with Crippen molar-refractivity contribution in [1.82, 2.24) is 0 Å². The Balaban J connectivity index is -0.00000000500. The van der Waals surface area contributed by atoms with Gasteiger partial charge in [0.2, 0.25) is 0 Å². The minimum Gasteiger partial charge on any atom is 0 e. The Labute approximate surface area is 62.8 Å². The number of rotatable bonds is 0. The van der Waals surface area contributed by atoms with Crippen LogP contribution in [0.3, 0.4) is 0 Å². The van der Waals surface area contributed by atoms with Crippen molar-refractivity contribution in [2.45, 2.75) is 0 Å². The molecular formula is H6AlFeSiTi. The molecule has 0 nitrogen and oxygen atoms in total. The van der Waals surface area contributed by atoms with Crippen LogP contribution in [0, 0.1) is 0 Å². The summed E-state index contributed by atoms with van der Waals surface area (Å²) >= 11 is 3.39. The van der Waals surface area contributed by atoms with Crippen molar-refractivity contribution in [1.29, 1.82) is 0 Å². The summed E-state index contributed by atoms with van der Waals surface area (Å²) in [7, 11) is 1.06. The van der Waals surface area contributed by atoms with Gasteiger partial charge >= 0.3 is 24.2 Å². The van der Waals surface area contributed by atoms with Gasteiger partial charge in [-0.1, -0.05) is 0 Å². The summed E-state index contributed by atoms with van der Waals surface area (Å²) < 4.78 is 0. The van der Waals surface area contributed by atoms with Gasteiger partial charge in [-0.25, -0.2) is 0 Å². The fourth-order valence-electron chi connectivity index (χ4n) is 0. The number of hydrogen-bond donors (Lipinski definition) is 0. The Morgan fingerprint density at radius 3 is 1.25 bits per heavy atom. The summed E-state index contributed by atoms with van der Waals surface area (Å²) in [6.07, 6.45) is 0. The van der Waals surface area contributed by atoms with Gasteiger partial charge in [0.1, 0.15) is 0 Å². The zero-order valence-corrected chi connectivity index (χ0v) is 6.52. The monoisotopic (exact) mass is 165 g/mol.